The van der Waals surface area contributed by atoms with Gasteiger partial charge >= 0.3 is 0 Å². The number of para-hydroxylation sites is 3. The second-order valence-electron chi connectivity index (χ2n) is 3.75. The molecule has 0 saturated carbocycles. The summed E-state index contributed by atoms with van der Waals surface area (Å²) in [5.41, 5.74) is 0. The molecule has 0 heterocycles. The maximum Gasteiger partial charge on any atom is 0.169 e. The van der Waals surface area contributed by atoms with Crippen LogP contribution in [0.1, 0.15) is 6.42 Å². The summed E-state index contributed by atoms with van der Waals surface area (Å²) in [4.78, 5) is 0. The number of hydrogen-bond donors (Lipinski definition) is 0. The van der Waals surface area contributed by atoms with Gasteiger partial charge < -0.3 is 9.47 Å². The molecule has 18 heavy (non-hydrogen) atoms. The van der Waals surface area contributed by atoms with E-state index < -0.39 is 0 Å². The first kappa shape index (κ1) is 12.8. The van der Waals surface area contributed by atoms with E-state index in [0.717, 1.165) is 23.7 Å². The topological polar surface area (TPSA) is 18.5 Å². The number of alkyl halides is 1. The number of benzene rings is 2. The molecule has 0 fully saturated rings. The zero-order valence-corrected chi connectivity index (χ0v) is 10.8. The number of halogens is 1. The molecule has 0 radical (unpaired) electrons. The van der Waals surface area contributed by atoms with Crippen molar-refractivity contribution >= 4 is 11.6 Å². The van der Waals surface area contributed by atoms with Crippen LogP contribution in [0, 0.1) is 0 Å². The zero-order chi connectivity index (χ0) is 12.6. The van der Waals surface area contributed by atoms with Crippen LogP contribution in [0.4, 0.5) is 0 Å². The van der Waals surface area contributed by atoms with Crippen LogP contribution in [0.3, 0.4) is 0 Å². The summed E-state index contributed by atoms with van der Waals surface area (Å²) in [7, 11) is 0. The number of ether oxygens (including phenoxy) is 2. The van der Waals surface area contributed by atoms with Gasteiger partial charge in [-0.25, -0.2) is 0 Å². The third-order valence-corrected chi connectivity index (χ3v) is 2.62. The minimum absolute atomic E-state index is 0.596. The van der Waals surface area contributed by atoms with Gasteiger partial charge in [-0.3, -0.25) is 0 Å². The minimum Gasteiger partial charge on any atom is -0.490 e. The molecule has 0 atom stereocenters. The van der Waals surface area contributed by atoms with Gasteiger partial charge in [-0.2, -0.15) is 0 Å². The first-order valence-electron chi connectivity index (χ1n) is 5.91. The molecule has 2 rings (SSSR count). The lowest BCUT2D eigenvalue weighted by Gasteiger charge is -2.11. The monoisotopic (exact) mass is 262 g/mol. The van der Waals surface area contributed by atoms with Gasteiger partial charge in [0, 0.05) is 5.88 Å². The fourth-order valence-electron chi connectivity index (χ4n) is 1.51. The Morgan fingerprint density at radius 1 is 0.833 bits per heavy atom. The van der Waals surface area contributed by atoms with Gasteiger partial charge in [0.1, 0.15) is 5.75 Å². The molecular formula is C15H15ClO2. The van der Waals surface area contributed by atoms with Crippen LogP contribution in [0.15, 0.2) is 54.6 Å². The molecule has 0 unspecified atom stereocenters. The highest BCUT2D eigenvalue weighted by Crippen LogP contribution is 2.31. The predicted molar refractivity (Wildman–Crippen MR) is 73.8 cm³/mol. The van der Waals surface area contributed by atoms with Crippen LogP contribution >= 0.6 is 11.6 Å². The van der Waals surface area contributed by atoms with Crippen LogP contribution in [0.2, 0.25) is 0 Å². The Morgan fingerprint density at radius 3 is 2.22 bits per heavy atom. The van der Waals surface area contributed by atoms with Gasteiger partial charge in [0.25, 0.3) is 0 Å². The quantitative estimate of drug-likeness (QED) is 0.564. The number of rotatable bonds is 6. The summed E-state index contributed by atoms with van der Waals surface area (Å²) in [6, 6.07) is 17.3. The Morgan fingerprint density at radius 2 is 1.50 bits per heavy atom. The fraction of sp³-hybridized carbons (Fsp3) is 0.200. The van der Waals surface area contributed by atoms with Gasteiger partial charge in [0.2, 0.25) is 0 Å². The van der Waals surface area contributed by atoms with Crippen molar-refractivity contribution in [2.24, 2.45) is 0 Å². The molecule has 0 bridgehead atoms. The Bertz CT molecular complexity index is 471. The van der Waals surface area contributed by atoms with Crippen molar-refractivity contribution in [2.45, 2.75) is 6.42 Å². The molecule has 0 aliphatic carbocycles. The van der Waals surface area contributed by atoms with Gasteiger partial charge in [-0.15, -0.1) is 11.6 Å². The van der Waals surface area contributed by atoms with Gasteiger partial charge in [-0.05, 0) is 30.7 Å². The average molecular weight is 263 g/mol. The highest BCUT2D eigenvalue weighted by Gasteiger charge is 2.04. The van der Waals surface area contributed by atoms with Crippen molar-refractivity contribution in [3.8, 4) is 17.2 Å². The van der Waals surface area contributed by atoms with Crippen molar-refractivity contribution in [3.05, 3.63) is 54.6 Å². The molecule has 2 nitrogen and oxygen atoms in total. The van der Waals surface area contributed by atoms with Crippen molar-refractivity contribution in [3.63, 3.8) is 0 Å². The van der Waals surface area contributed by atoms with E-state index in [1.165, 1.54) is 0 Å². The number of hydrogen-bond acceptors (Lipinski definition) is 2. The van der Waals surface area contributed by atoms with E-state index in [9.17, 15) is 0 Å². The van der Waals surface area contributed by atoms with E-state index in [1.807, 2.05) is 54.6 Å². The van der Waals surface area contributed by atoms with E-state index in [-0.39, 0.29) is 0 Å². The normalized spacial score (nSPS) is 10.1. The lowest BCUT2D eigenvalue weighted by atomic mass is 10.3. The molecule has 2 aromatic rings. The Balaban J connectivity index is 2.07. The maximum absolute atomic E-state index is 5.78. The molecule has 0 N–H and O–H groups in total. The highest BCUT2D eigenvalue weighted by atomic mass is 35.5. The van der Waals surface area contributed by atoms with Crippen molar-refractivity contribution in [1.82, 2.24) is 0 Å². The summed E-state index contributed by atoms with van der Waals surface area (Å²) in [6.45, 7) is 0.596. The first-order chi connectivity index (χ1) is 8.90. The molecule has 0 amide bonds. The molecule has 3 heteroatoms. The van der Waals surface area contributed by atoms with E-state index in [2.05, 4.69) is 0 Å². The second kappa shape index (κ2) is 6.92. The average Bonchev–Trinajstić information content (AvgIpc) is 2.42. The molecule has 0 aliphatic rings. The minimum atomic E-state index is 0.596. The van der Waals surface area contributed by atoms with E-state index in [1.54, 1.807) is 0 Å². The molecule has 94 valence electrons. The predicted octanol–water partition coefficient (Wildman–Crippen LogP) is 4.49. The lowest BCUT2D eigenvalue weighted by Crippen LogP contribution is -1.99. The van der Waals surface area contributed by atoms with Crippen LogP contribution in [0.25, 0.3) is 0 Å². The SMILES string of the molecule is ClCCCOc1ccccc1Oc1ccccc1. The van der Waals surface area contributed by atoms with Crippen molar-refractivity contribution in [1.29, 1.82) is 0 Å². The van der Waals surface area contributed by atoms with Crippen LogP contribution < -0.4 is 9.47 Å². The Hall–Kier alpha value is -1.67. The summed E-state index contributed by atoms with van der Waals surface area (Å²) in [5.74, 6) is 2.86. The zero-order valence-electron chi connectivity index (χ0n) is 10.0. The van der Waals surface area contributed by atoms with Gasteiger partial charge in [0.05, 0.1) is 6.61 Å². The van der Waals surface area contributed by atoms with Crippen molar-refractivity contribution in [2.75, 3.05) is 12.5 Å². The van der Waals surface area contributed by atoms with E-state index in [0.29, 0.717) is 12.5 Å². The third kappa shape index (κ3) is 3.67. The van der Waals surface area contributed by atoms with Crippen LogP contribution in [-0.2, 0) is 0 Å². The summed E-state index contributed by atoms with van der Waals surface area (Å²) < 4.78 is 11.4. The van der Waals surface area contributed by atoms with Crippen molar-refractivity contribution < 1.29 is 9.47 Å². The maximum atomic E-state index is 5.78. The molecule has 0 saturated heterocycles. The van der Waals surface area contributed by atoms with Crippen LogP contribution in [-0.4, -0.2) is 12.5 Å². The van der Waals surface area contributed by atoms with E-state index in [4.69, 9.17) is 21.1 Å². The van der Waals surface area contributed by atoms with E-state index >= 15 is 0 Å². The third-order valence-electron chi connectivity index (χ3n) is 2.36. The Labute approximate surface area is 112 Å². The molecule has 0 aliphatic heterocycles. The summed E-state index contributed by atoms with van der Waals surface area (Å²) in [5, 5.41) is 0. The molecule has 0 spiro atoms. The van der Waals surface area contributed by atoms with Gasteiger partial charge in [0.15, 0.2) is 11.5 Å². The molecule has 0 aromatic heterocycles. The van der Waals surface area contributed by atoms with Crippen LogP contribution in [0.5, 0.6) is 17.2 Å². The fourth-order valence-corrected chi connectivity index (χ4v) is 1.62. The largest absolute Gasteiger partial charge is 0.490 e. The lowest BCUT2D eigenvalue weighted by molar-refractivity contribution is 0.303. The smallest absolute Gasteiger partial charge is 0.169 e. The first-order valence-corrected chi connectivity index (χ1v) is 6.44. The second-order valence-corrected chi connectivity index (χ2v) is 4.13. The summed E-state index contributed by atoms with van der Waals surface area (Å²) >= 11 is 5.63. The Kier molecular flexibility index (Phi) is 4.91. The highest BCUT2D eigenvalue weighted by molar-refractivity contribution is 6.17. The summed E-state index contributed by atoms with van der Waals surface area (Å²) in [6.07, 6.45) is 0.821. The molecular weight excluding hydrogens is 248 g/mol. The standard InChI is InChI=1S/C15H15ClO2/c16-11-6-12-17-14-9-4-5-10-15(14)18-13-7-2-1-3-8-13/h1-5,7-10H,6,11-12H2. The van der Waals surface area contributed by atoms with Gasteiger partial charge in [-0.1, -0.05) is 30.3 Å². The molecule has 2 aromatic carbocycles.